The standard InChI is InChI=1S/C19H17BrFN5O2/c20-13-9-12-16(10-14(13)21)28-8-3-1-2-7-26-11-22-25-18(26)15-5-4-6-17(23-15)24-19(12)27/h4-6,9-11H,1-3,7-8H2,(H,23,24,27). The van der Waals surface area contributed by atoms with Crippen molar-refractivity contribution in [3.05, 3.63) is 52.5 Å². The average Bonchev–Trinajstić information content (AvgIpc) is 3.15. The molecule has 0 unspecified atom stereocenters. The molecular weight excluding hydrogens is 429 g/mol. The van der Waals surface area contributed by atoms with E-state index in [2.05, 4.69) is 36.4 Å². The summed E-state index contributed by atoms with van der Waals surface area (Å²) < 4.78 is 21.8. The SMILES string of the molecule is O=C1Nc2cccc(n2)-c2nncn2CCCCCOc2cc(F)c(Br)cc21. The Morgan fingerprint density at radius 1 is 1.21 bits per heavy atom. The normalized spacial score (nSPS) is 14.7. The first-order chi connectivity index (χ1) is 13.6. The van der Waals surface area contributed by atoms with Gasteiger partial charge in [-0.15, -0.1) is 10.2 Å². The highest BCUT2D eigenvalue weighted by Gasteiger charge is 2.18. The Kier molecular flexibility index (Phi) is 5.34. The summed E-state index contributed by atoms with van der Waals surface area (Å²) in [5, 5.41) is 10.9. The van der Waals surface area contributed by atoms with Crippen LogP contribution < -0.4 is 10.1 Å². The minimum Gasteiger partial charge on any atom is -0.493 e. The molecule has 2 aromatic heterocycles. The Morgan fingerprint density at radius 3 is 3.00 bits per heavy atom. The van der Waals surface area contributed by atoms with Gasteiger partial charge in [-0.2, -0.15) is 0 Å². The van der Waals surface area contributed by atoms with Crippen molar-refractivity contribution in [2.45, 2.75) is 25.8 Å². The maximum absolute atomic E-state index is 14.0. The summed E-state index contributed by atoms with van der Waals surface area (Å²) in [6, 6.07) is 7.92. The predicted molar refractivity (Wildman–Crippen MR) is 105 cm³/mol. The summed E-state index contributed by atoms with van der Waals surface area (Å²) in [6.45, 7) is 1.14. The van der Waals surface area contributed by atoms with Crippen LogP contribution in [0.15, 0.2) is 41.1 Å². The lowest BCUT2D eigenvalue weighted by atomic mass is 10.1. The third-order valence-electron chi connectivity index (χ3n) is 4.40. The van der Waals surface area contributed by atoms with Crippen molar-refractivity contribution in [3.63, 3.8) is 0 Å². The van der Waals surface area contributed by atoms with Gasteiger partial charge in [0.2, 0.25) is 0 Å². The first-order valence-electron chi connectivity index (χ1n) is 8.90. The summed E-state index contributed by atoms with van der Waals surface area (Å²) in [7, 11) is 0. The summed E-state index contributed by atoms with van der Waals surface area (Å²) in [4.78, 5) is 17.3. The molecule has 28 heavy (non-hydrogen) atoms. The molecule has 0 saturated heterocycles. The Hall–Kier alpha value is -2.81. The number of hydrogen-bond donors (Lipinski definition) is 1. The molecule has 7 nitrogen and oxygen atoms in total. The number of aromatic nitrogens is 4. The van der Waals surface area contributed by atoms with Crippen LogP contribution in [-0.2, 0) is 6.54 Å². The monoisotopic (exact) mass is 445 g/mol. The number of fused-ring (bicyclic) bond motifs is 5. The van der Waals surface area contributed by atoms with Gasteiger partial charge in [-0.3, -0.25) is 4.79 Å². The Bertz CT molecular complexity index is 1020. The fraction of sp³-hybridized carbons (Fsp3) is 0.263. The molecule has 0 spiro atoms. The van der Waals surface area contributed by atoms with E-state index in [1.807, 2.05) is 10.6 Å². The molecule has 0 fully saturated rings. The molecule has 9 heteroatoms. The summed E-state index contributed by atoms with van der Waals surface area (Å²) in [5.41, 5.74) is 0.848. The van der Waals surface area contributed by atoms with Gasteiger partial charge in [0.05, 0.1) is 16.6 Å². The second-order valence-electron chi connectivity index (χ2n) is 6.38. The minimum absolute atomic E-state index is 0.192. The number of hydrogen-bond acceptors (Lipinski definition) is 5. The van der Waals surface area contributed by atoms with Gasteiger partial charge < -0.3 is 14.6 Å². The number of ether oxygens (including phenoxy) is 1. The molecule has 1 aliphatic heterocycles. The maximum Gasteiger partial charge on any atom is 0.260 e. The van der Waals surface area contributed by atoms with E-state index in [-0.39, 0.29) is 15.8 Å². The van der Waals surface area contributed by atoms with Crippen molar-refractivity contribution in [1.82, 2.24) is 19.7 Å². The highest BCUT2D eigenvalue weighted by molar-refractivity contribution is 9.10. The quantitative estimate of drug-likeness (QED) is 0.564. The van der Waals surface area contributed by atoms with Crippen molar-refractivity contribution >= 4 is 27.7 Å². The van der Waals surface area contributed by atoms with E-state index in [4.69, 9.17) is 4.74 Å². The Balaban J connectivity index is 1.73. The third kappa shape index (κ3) is 3.89. The van der Waals surface area contributed by atoms with Gasteiger partial charge >= 0.3 is 0 Å². The van der Waals surface area contributed by atoms with Crippen molar-refractivity contribution in [2.75, 3.05) is 11.9 Å². The highest BCUT2D eigenvalue weighted by Crippen LogP contribution is 2.28. The third-order valence-corrected chi connectivity index (χ3v) is 5.01. The molecule has 144 valence electrons. The molecule has 2 bridgehead atoms. The molecule has 1 aromatic carbocycles. The lowest BCUT2D eigenvalue weighted by Crippen LogP contribution is -2.15. The Morgan fingerprint density at radius 2 is 2.11 bits per heavy atom. The first kappa shape index (κ1) is 18.5. The van der Waals surface area contributed by atoms with E-state index in [0.717, 1.165) is 25.8 Å². The number of rotatable bonds is 0. The van der Waals surface area contributed by atoms with Crippen LogP contribution in [0.2, 0.25) is 0 Å². The van der Waals surface area contributed by atoms with E-state index in [1.165, 1.54) is 12.1 Å². The van der Waals surface area contributed by atoms with Crippen LogP contribution in [0.1, 0.15) is 29.6 Å². The second kappa shape index (κ2) is 8.05. The molecule has 4 rings (SSSR count). The topological polar surface area (TPSA) is 81.9 Å². The van der Waals surface area contributed by atoms with E-state index >= 15 is 0 Å². The van der Waals surface area contributed by atoms with Crippen LogP contribution in [0.5, 0.6) is 5.75 Å². The molecular formula is C19H17BrFN5O2. The van der Waals surface area contributed by atoms with E-state index < -0.39 is 11.7 Å². The number of carbonyl (C=O) groups is 1. The molecule has 0 saturated carbocycles. The number of benzene rings is 1. The van der Waals surface area contributed by atoms with E-state index in [1.54, 1.807) is 18.5 Å². The highest BCUT2D eigenvalue weighted by atomic mass is 79.9. The first-order valence-corrected chi connectivity index (χ1v) is 9.69. The van der Waals surface area contributed by atoms with Gasteiger partial charge in [-0.05, 0) is 53.4 Å². The summed E-state index contributed by atoms with van der Waals surface area (Å²) in [5.74, 6) is 0.298. The van der Waals surface area contributed by atoms with Crippen LogP contribution in [0.4, 0.5) is 10.2 Å². The van der Waals surface area contributed by atoms with Crippen LogP contribution in [0.3, 0.4) is 0 Å². The van der Waals surface area contributed by atoms with Crippen LogP contribution in [0, 0.1) is 5.82 Å². The van der Waals surface area contributed by atoms with Crippen molar-refractivity contribution in [3.8, 4) is 17.3 Å². The number of pyridine rings is 1. The maximum atomic E-state index is 14.0. The molecule has 1 aliphatic rings. The average molecular weight is 446 g/mol. The zero-order valence-electron chi connectivity index (χ0n) is 14.9. The van der Waals surface area contributed by atoms with Crippen LogP contribution in [-0.4, -0.2) is 32.3 Å². The van der Waals surface area contributed by atoms with Crippen LogP contribution >= 0.6 is 15.9 Å². The number of carbonyl (C=O) groups excluding carboxylic acids is 1. The Labute approximate surface area is 169 Å². The number of halogens is 2. The molecule has 1 amide bonds. The molecule has 0 atom stereocenters. The molecule has 0 radical (unpaired) electrons. The number of nitrogens with zero attached hydrogens (tertiary/aromatic N) is 4. The number of nitrogens with one attached hydrogen (secondary N) is 1. The molecule has 1 N–H and O–H groups in total. The van der Waals surface area contributed by atoms with Crippen molar-refractivity contribution < 1.29 is 13.9 Å². The van der Waals surface area contributed by atoms with Gasteiger partial charge in [0, 0.05) is 12.6 Å². The van der Waals surface area contributed by atoms with Gasteiger partial charge in [0.15, 0.2) is 5.82 Å². The molecule has 0 aliphatic carbocycles. The summed E-state index contributed by atoms with van der Waals surface area (Å²) >= 11 is 3.13. The van der Waals surface area contributed by atoms with Crippen LogP contribution in [0.25, 0.3) is 11.5 Å². The van der Waals surface area contributed by atoms with Gasteiger partial charge in [-0.25, -0.2) is 9.37 Å². The van der Waals surface area contributed by atoms with Gasteiger partial charge in [-0.1, -0.05) is 6.07 Å². The number of aryl methyl sites for hydroxylation is 1. The van der Waals surface area contributed by atoms with Crippen molar-refractivity contribution in [2.24, 2.45) is 0 Å². The number of amides is 1. The molecule has 3 aromatic rings. The zero-order chi connectivity index (χ0) is 19.5. The smallest absolute Gasteiger partial charge is 0.260 e. The van der Waals surface area contributed by atoms with E-state index in [0.29, 0.717) is 23.9 Å². The lowest BCUT2D eigenvalue weighted by Gasteiger charge is -2.13. The zero-order valence-corrected chi connectivity index (χ0v) is 16.4. The van der Waals surface area contributed by atoms with Gasteiger partial charge in [0.1, 0.15) is 29.4 Å². The lowest BCUT2D eigenvalue weighted by molar-refractivity contribution is 0.102. The van der Waals surface area contributed by atoms with Gasteiger partial charge in [0.25, 0.3) is 5.91 Å². The number of anilines is 1. The molecule has 3 heterocycles. The predicted octanol–water partition coefficient (Wildman–Crippen LogP) is 4.06. The van der Waals surface area contributed by atoms with E-state index in [9.17, 15) is 9.18 Å². The summed E-state index contributed by atoms with van der Waals surface area (Å²) in [6.07, 6.45) is 4.27. The largest absolute Gasteiger partial charge is 0.493 e. The van der Waals surface area contributed by atoms with Crippen molar-refractivity contribution in [1.29, 1.82) is 0 Å². The fourth-order valence-electron chi connectivity index (χ4n) is 3.00. The minimum atomic E-state index is -0.484. The fourth-order valence-corrected chi connectivity index (χ4v) is 3.34. The second-order valence-corrected chi connectivity index (χ2v) is 7.24.